The third-order valence-electron chi connectivity index (χ3n) is 3.84. The molecular weight excluding hydrogens is 294 g/mol. The number of rotatable bonds is 6. The lowest BCUT2D eigenvalue weighted by Gasteiger charge is -2.25. The van der Waals surface area contributed by atoms with Gasteiger partial charge in [-0.3, -0.25) is 4.79 Å². The molecule has 2 aromatic carbocycles. The maximum Gasteiger partial charge on any atom is 0.220 e. The SMILES string of the molecule is CC(C)(CNC(=O)CCc1ccc(Cl)cc1)c1ccccc1. The van der Waals surface area contributed by atoms with Crippen molar-refractivity contribution in [3.63, 3.8) is 0 Å². The highest BCUT2D eigenvalue weighted by Crippen LogP contribution is 2.21. The Kier molecular flexibility index (Phi) is 5.62. The van der Waals surface area contributed by atoms with Gasteiger partial charge >= 0.3 is 0 Å². The quantitative estimate of drug-likeness (QED) is 0.842. The molecule has 0 aliphatic carbocycles. The van der Waals surface area contributed by atoms with Crippen molar-refractivity contribution in [2.45, 2.75) is 32.1 Å². The third kappa shape index (κ3) is 4.88. The maximum atomic E-state index is 12.0. The van der Waals surface area contributed by atoms with E-state index in [9.17, 15) is 4.79 Å². The molecule has 0 radical (unpaired) electrons. The van der Waals surface area contributed by atoms with Crippen LogP contribution in [0.15, 0.2) is 54.6 Å². The topological polar surface area (TPSA) is 29.1 Å². The van der Waals surface area contributed by atoms with Crippen LogP contribution in [0.25, 0.3) is 0 Å². The molecule has 3 heteroatoms. The van der Waals surface area contributed by atoms with E-state index in [0.29, 0.717) is 13.0 Å². The molecule has 0 atom stereocenters. The standard InChI is InChI=1S/C19H22ClNO/c1-19(2,16-6-4-3-5-7-16)14-21-18(22)13-10-15-8-11-17(20)12-9-15/h3-9,11-12H,10,13-14H2,1-2H3,(H,21,22). The van der Waals surface area contributed by atoms with Crippen molar-refractivity contribution < 1.29 is 4.79 Å². The zero-order valence-corrected chi connectivity index (χ0v) is 13.9. The van der Waals surface area contributed by atoms with Crippen LogP contribution in [-0.4, -0.2) is 12.5 Å². The van der Waals surface area contributed by atoms with Crippen LogP contribution in [-0.2, 0) is 16.6 Å². The first-order valence-electron chi connectivity index (χ1n) is 7.54. The predicted octanol–water partition coefficient (Wildman–Crippen LogP) is 4.37. The van der Waals surface area contributed by atoms with Gasteiger partial charge in [-0.2, -0.15) is 0 Å². The molecule has 0 aliphatic rings. The summed E-state index contributed by atoms with van der Waals surface area (Å²) < 4.78 is 0. The molecular formula is C19H22ClNO. The highest BCUT2D eigenvalue weighted by molar-refractivity contribution is 6.30. The van der Waals surface area contributed by atoms with E-state index in [1.54, 1.807) is 0 Å². The highest BCUT2D eigenvalue weighted by atomic mass is 35.5. The average molecular weight is 316 g/mol. The molecule has 116 valence electrons. The molecule has 2 nitrogen and oxygen atoms in total. The van der Waals surface area contributed by atoms with Crippen molar-refractivity contribution in [3.05, 3.63) is 70.7 Å². The normalized spacial score (nSPS) is 11.2. The van der Waals surface area contributed by atoms with E-state index >= 15 is 0 Å². The van der Waals surface area contributed by atoms with Gasteiger partial charge in [0.1, 0.15) is 0 Å². The van der Waals surface area contributed by atoms with Crippen LogP contribution in [0.2, 0.25) is 5.02 Å². The van der Waals surface area contributed by atoms with Gasteiger partial charge in [0, 0.05) is 23.4 Å². The first-order chi connectivity index (χ1) is 10.5. The molecule has 0 heterocycles. The summed E-state index contributed by atoms with van der Waals surface area (Å²) in [6.45, 7) is 4.92. The Bertz CT molecular complexity index is 605. The van der Waals surface area contributed by atoms with Gasteiger partial charge in [-0.25, -0.2) is 0 Å². The maximum absolute atomic E-state index is 12.0. The van der Waals surface area contributed by atoms with E-state index in [-0.39, 0.29) is 11.3 Å². The molecule has 1 amide bonds. The fraction of sp³-hybridized carbons (Fsp3) is 0.316. The van der Waals surface area contributed by atoms with Crippen LogP contribution in [0.5, 0.6) is 0 Å². The first kappa shape index (κ1) is 16.6. The van der Waals surface area contributed by atoms with Crippen LogP contribution in [0, 0.1) is 0 Å². The van der Waals surface area contributed by atoms with Gasteiger partial charge in [0.05, 0.1) is 0 Å². The molecule has 0 saturated carbocycles. The molecule has 2 aromatic rings. The third-order valence-corrected chi connectivity index (χ3v) is 4.09. The van der Waals surface area contributed by atoms with Gasteiger partial charge in [0.25, 0.3) is 0 Å². The summed E-state index contributed by atoms with van der Waals surface area (Å²) in [6, 6.07) is 17.9. The van der Waals surface area contributed by atoms with Crippen LogP contribution in [0.4, 0.5) is 0 Å². The van der Waals surface area contributed by atoms with Crippen LogP contribution >= 0.6 is 11.6 Å². The molecule has 2 rings (SSSR count). The number of amides is 1. The molecule has 0 aliphatic heterocycles. The zero-order chi connectivity index (χ0) is 16.0. The number of benzene rings is 2. The smallest absolute Gasteiger partial charge is 0.220 e. The van der Waals surface area contributed by atoms with Crippen molar-refractivity contribution >= 4 is 17.5 Å². The Morgan fingerprint density at radius 3 is 2.32 bits per heavy atom. The molecule has 0 saturated heterocycles. The number of hydrogen-bond donors (Lipinski definition) is 1. The minimum atomic E-state index is -0.0722. The van der Waals surface area contributed by atoms with Gasteiger partial charge in [0.2, 0.25) is 5.91 Å². The summed E-state index contributed by atoms with van der Waals surface area (Å²) in [4.78, 5) is 12.0. The minimum Gasteiger partial charge on any atom is -0.355 e. The number of hydrogen-bond acceptors (Lipinski definition) is 1. The van der Waals surface area contributed by atoms with Crippen molar-refractivity contribution in [2.24, 2.45) is 0 Å². The fourth-order valence-electron chi connectivity index (χ4n) is 2.31. The summed E-state index contributed by atoms with van der Waals surface area (Å²) in [6.07, 6.45) is 1.22. The average Bonchev–Trinajstić information content (AvgIpc) is 2.53. The van der Waals surface area contributed by atoms with Crippen LogP contribution in [0.3, 0.4) is 0 Å². The van der Waals surface area contributed by atoms with Crippen molar-refractivity contribution in [1.82, 2.24) is 5.32 Å². The van der Waals surface area contributed by atoms with Gasteiger partial charge in [-0.05, 0) is 29.7 Å². The number of nitrogens with one attached hydrogen (secondary N) is 1. The number of carbonyl (C=O) groups excluding carboxylic acids is 1. The molecule has 0 bridgehead atoms. The summed E-state index contributed by atoms with van der Waals surface area (Å²) in [5.41, 5.74) is 2.28. The molecule has 0 aromatic heterocycles. The van der Waals surface area contributed by atoms with E-state index < -0.39 is 0 Å². The monoisotopic (exact) mass is 315 g/mol. The Labute approximate surface area is 137 Å². The Balaban J connectivity index is 1.81. The Morgan fingerprint density at radius 2 is 1.68 bits per heavy atom. The second-order valence-corrected chi connectivity index (χ2v) is 6.59. The highest BCUT2D eigenvalue weighted by Gasteiger charge is 2.20. The molecule has 1 N–H and O–H groups in total. The summed E-state index contributed by atoms with van der Waals surface area (Å²) >= 11 is 5.85. The minimum absolute atomic E-state index is 0.0722. The van der Waals surface area contributed by atoms with E-state index in [4.69, 9.17) is 11.6 Å². The summed E-state index contributed by atoms with van der Waals surface area (Å²) in [5.74, 6) is 0.0824. The summed E-state index contributed by atoms with van der Waals surface area (Å²) in [5, 5.41) is 3.76. The van der Waals surface area contributed by atoms with Crippen molar-refractivity contribution in [1.29, 1.82) is 0 Å². The largest absolute Gasteiger partial charge is 0.355 e. The first-order valence-corrected chi connectivity index (χ1v) is 7.92. The van der Waals surface area contributed by atoms with Gasteiger partial charge < -0.3 is 5.32 Å². The summed E-state index contributed by atoms with van der Waals surface area (Å²) in [7, 11) is 0. The number of aryl methyl sites for hydroxylation is 1. The van der Waals surface area contributed by atoms with Crippen molar-refractivity contribution in [3.8, 4) is 0 Å². The molecule has 0 spiro atoms. The van der Waals surface area contributed by atoms with Crippen molar-refractivity contribution in [2.75, 3.05) is 6.54 Å². The number of halogens is 1. The van der Waals surface area contributed by atoms with Crippen LogP contribution in [0.1, 0.15) is 31.4 Å². The van der Waals surface area contributed by atoms with E-state index in [1.165, 1.54) is 5.56 Å². The molecule has 0 unspecified atom stereocenters. The number of carbonyl (C=O) groups is 1. The lowest BCUT2D eigenvalue weighted by atomic mass is 9.84. The second-order valence-electron chi connectivity index (χ2n) is 6.15. The van der Waals surface area contributed by atoms with E-state index in [1.807, 2.05) is 42.5 Å². The predicted molar refractivity (Wildman–Crippen MR) is 92.3 cm³/mol. The van der Waals surface area contributed by atoms with Gasteiger partial charge in [-0.1, -0.05) is 67.9 Å². The fourth-order valence-corrected chi connectivity index (χ4v) is 2.43. The van der Waals surface area contributed by atoms with Gasteiger partial charge in [0.15, 0.2) is 0 Å². The zero-order valence-electron chi connectivity index (χ0n) is 13.1. The van der Waals surface area contributed by atoms with E-state index in [0.717, 1.165) is 17.0 Å². The second kappa shape index (κ2) is 7.46. The Morgan fingerprint density at radius 1 is 1.05 bits per heavy atom. The Hall–Kier alpha value is -1.80. The molecule has 22 heavy (non-hydrogen) atoms. The van der Waals surface area contributed by atoms with Gasteiger partial charge in [-0.15, -0.1) is 0 Å². The molecule has 0 fully saturated rings. The van der Waals surface area contributed by atoms with Crippen LogP contribution < -0.4 is 5.32 Å². The lowest BCUT2D eigenvalue weighted by Crippen LogP contribution is -2.36. The lowest BCUT2D eigenvalue weighted by molar-refractivity contribution is -0.121. The van der Waals surface area contributed by atoms with E-state index in [2.05, 4.69) is 31.3 Å².